The minimum absolute atomic E-state index is 0.112. The second-order valence-corrected chi connectivity index (χ2v) is 3.95. The average Bonchev–Trinajstić information content (AvgIpc) is 2.34. The largest absolute Gasteiger partial charge is 0.454 e. The van der Waals surface area contributed by atoms with E-state index in [-0.39, 0.29) is 11.6 Å². The van der Waals surface area contributed by atoms with Gasteiger partial charge in [0.05, 0.1) is 5.56 Å². The van der Waals surface area contributed by atoms with Crippen LogP contribution in [0.4, 0.5) is 4.39 Å². The summed E-state index contributed by atoms with van der Waals surface area (Å²) in [6.45, 7) is 1.85. The molecule has 0 amide bonds. The van der Waals surface area contributed by atoms with Crippen molar-refractivity contribution in [3.8, 4) is 11.5 Å². The van der Waals surface area contributed by atoms with Gasteiger partial charge in [-0.2, -0.15) is 0 Å². The molecule has 0 aromatic heterocycles. The first kappa shape index (κ1) is 12.1. The van der Waals surface area contributed by atoms with Gasteiger partial charge in [-0.25, -0.2) is 4.39 Å². The highest BCUT2D eigenvalue weighted by molar-refractivity contribution is 5.97. The van der Waals surface area contributed by atoms with Crippen molar-refractivity contribution in [3.63, 3.8) is 0 Å². The molecule has 3 N–H and O–H groups in total. The minimum atomic E-state index is -0.445. The summed E-state index contributed by atoms with van der Waals surface area (Å²) in [5.74, 6) is -0.0594. The maximum atomic E-state index is 13.6. The lowest BCUT2D eigenvalue weighted by atomic mass is 10.2. The van der Waals surface area contributed by atoms with Gasteiger partial charge >= 0.3 is 0 Å². The second kappa shape index (κ2) is 4.87. The van der Waals surface area contributed by atoms with Crippen LogP contribution in [0.2, 0.25) is 0 Å². The number of nitrogen functional groups attached to an aromatic ring is 1. The Morgan fingerprint density at radius 2 is 1.89 bits per heavy atom. The number of halogens is 1. The zero-order chi connectivity index (χ0) is 13.1. The summed E-state index contributed by atoms with van der Waals surface area (Å²) in [7, 11) is 0. The highest BCUT2D eigenvalue weighted by atomic mass is 19.1. The molecule has 0 aliphatic carbocycles. The van der Waals surface area contributed by atoms with Crippen LogP contribution in [0.15, 0.2) is 42.5 Å². The van der Waals surface area contributed by atoms with Gasteiger partial charge in [0, 0.05) is 0 Å². The minimum Gasteiger partial charge on any atom is -0.454 e. The van der Waals surface area contributed by atoms with Crippen LogP contribution in [-0.4, -0.2) is 5.84 Å². The number of para-hydroxylation sites is 1. The van der Waals surface area contributed by atoms with Gasteiger partial charge in [0.2, 0.25) is 0 Å². The highest BCUT2D eigenvalue weighted by Gasteiger charge is 2.09. The normalized spacial score (nSPS) is 10.1. The first-order valence-corrected chi connectivity index (χ1v) is 5.45. The molecule has 0 fully saturated rings. The zero-order valence-corrected chi connectivity index (χ0v) is 9.91. The van der Waals surface area contributed by atoms with Crippen LogP contribution in [0.3, 0.4) is 0 Å². The molecule has 0 saturated heterocycles. The van der Waals surface area contributed by atoms with Gasteiger partial charge in [-0.1, -0.05) is 18.2 Å². The highest BCUT2D eigenvalue weighted by Crippen LogP contribution is 2.27. The Morgan fingerprint density at radius 3 is 2.61 bits per heavy atom. The molecule has 0 radical (unpaired) electrons. The summed E-state index contributed by atoms with van der Waals surface area (Å²) in [6.07, 6.45) is 0. The van der Waals surface area contributed by atoms with Gasteiger partial charge in [0.15, 0.2) is 11.6 Å². The number of hydrogen-bond donors (Lipinski definition) is 2. The van der Waals surface area contributed by atoms with Crippen LogP contribution in [0.5, 0.6) is 11.5 Å². The molecule has 3 nitrogen and oxygen atoms in total. The van der Waals surface area contributed by atoms with Gasteiger partial charge in [0.25, 0.3) is 0 Å². The van der Waals surface area contributed by atoms with Crippen LogP contribution >= 0.6 is 0 Å². The fraction of sp³-hybridized carbons (Fsp3) is 0.0714. The Hall–Kier alpha value is -2.36. The number of nitrogens with two attached hydrogens (primary N) is 1. The molecule has 2 rings (SSSR count). The predicted octanol–water partition coefficient (Wildman–Crippen LogP) is 3.21. The molecule has 0 unspecified atom stereocenters. The SMILES string of the molecule is Cc1ccc(F)c(Oc2ccccc2C(=N)N)c1. The molecular weight excluding hydrogens is 231 g/mol. The van der Waals surface area contributed by atoms with Crippen LogP contribution in [0, 0.1) is 18.2 Å². The third-order valence-corrected chi connectivity index (χ3v) is 2.48. The monoisotopic (exact) mass is 244 g/mol. The number of benzene rings is 2. The van der Waals surface area contributed by atoms with Crippen LogP contribution in [-0.2, 0) is 0 Å². The number of aryl methyl sites for hydroxylation is 1. The molecule has 4 heteroatoms. The lowest BCUT2D eigenvalue weighted by Gasteiger charge is -2.11. The standard InChI is InChI=1S/C14H13FN2O/c1-9-6-7-11(15)13(8-9)18-12-5-3-2-4-10(12)14(16)17/h2-8H,1H3,(H3,16,17). The fourth-order valence-corrected chi connectivity index (χ4v) is 1.59. The first-order valence-electron chi connectivity index (χ1n) is 5.45. The average molecular weight is 244 g/mol. The molecule has 0 bridgehead atoms. The van der Waals surface area contributed by atoms with E-state index < -0.39 is 5.82 Å². The predicted molar refractivity (Wildman–Crippen MR) is 68.7 cm³/mol. The smallest absolute Gasteiger partial charge is 0.165 e. The number of amidine groups is 1. The Morgan fingerprint density at radius 1 is 1.17 bits per heavy atom. The lowest BCUT2D eigenvalue weighted by Crippen LogP contribution is -2.12. The summed E-state index contributed by atoms with van der Waals surface area (Å²) < 4.78 is 19.1. The van der Waals surface area contributed by atoms with E-state index in [2.05, 4.69) is 0 Å². The van der Waals surface area contributed by atoms with Crippen molar-refractivity contribution in [3.05, 3.63) is 59.4 Å². The Balaban J connectivity index is 2.40. The molecule has 2 aromatic rings. The molecule has 0 heterocycles. The van der Waals surface area contributed by atoms with E-state index in [0.29, 0.717) is 11.3 Å². The maximum absolute atomic E-state index is 13.6. The summed E-state index contributed by atoms with van der Waals surface area (Å²) in [4.78, 5) is 0. The summed E-state index contributed by atoms with van der Waals surface area (Å²) in [6, 6.07) is 11.4. The van der Waals surface area contributed by atoms with E-state index in [4.69, 9.17) is 15.9 Å². The summed E-state index contributed by atoms with van der Waals surface area (Å²) in [5, 5.41) is 7.44. The van der Waals surface area contributed by atoms with Gasteiger partial charge in [-0.15, -0.1) is 0 Å². The van der Waals surface area contributed by atoms with E-state index in [0.717, 1.165) is 5.56 Å². The summed E-state index contributed by atoms with van der Waals surface area (Å²) in [5.41, 5.74) is 6.78. The van der Waals surface area contributed by atoms with Crippen LogP contribution in [0.25, 0.3) is 0 Å². The van der Waals surface area contributed by atoms with Crippen molar-refractivity contribution in [1.29, 1.82) is 5.41 Å². The van der Waals surface area contributed by atoms with Gasteiger partial charge in [-0.3, -0.25) is 5.41 Å². The fourth-order valence-electron chi connectivity index (χ4n) is 1.59. The van der Waals surface area contributed by atoms with E-state index in [9.17, 15) is 4.39 Å². The lowest BCUT2D eigenvalue weighted by molar-refractivity contribution is 0.441. The van der Waals surface area contributed by atoms with Crippen molar-refractivity contribution >= 4 is 5.84 Å². The van der Waals surface area contributed by atoms with Crippen molar-refractivity contribution in [2.75, 3.05) is 0 Å². The van der Waals surface area contributed by atoms with Crippen molar-refractivity contribution in [1.82, 2.24) is 0 Å². The first-order chi connectivity index (χ1) is 8.58. The topological polar surface area (TPSA) is 59.1 Å². The Bertz CT molecular complexity index is 596. The van der Waals surface area contributed by atoms with E-state index in [1.807, 2.05) is 6.92 Å². The number of nitrogens with one attached hydrogen (secondary N) is 1. The maximum Gasteiger partial charge on any atom is 0.165 e. The number of hydrogen-bond acceptors (Lipinski definition) is 2. The Kier molecular flexibility index (Phi) is 3.28. The van der Waals surface area contributed by atoms with E-state index >= 15 is 0 Å². The van der Waals surface area contributed by atoms with Crippen molar-refractivity contribution in [2.24, 2.45) is 5.73 Å². The number of rotatable bonds is 3. The van der Waals surface area contributed by atoms with E-state index in [1.165, 1.54) is 6.07 Å². The molecule has 0 aliphatic heterocycles. The number of ether oxygens (including phenoxy) is 1. The molecule has 92 valence electrons. The quantitative estimate of drug-likeness (QED) is 0.643. The molecule has 18 heavy (non-hydrogen) atoms. The third-order valence-electron chi connectivity index (χ3n) is 2.48. The molecule has 2 aromatic carbocycles. The molecule has 0 saturated carbocycles. The molecule has 0 spiro atoms. The zero-order valence-electron chi connectivity index (χ0n) is 9.91. The van der Waals surface area contributed by atoms with Crippen LogP contribution in [0.1, 0.15) is 11.1 Å². The van der Waals surface area contributed by atoms with Gasteiger partial charge < -0.3 is 10.5 Å². The van der Waals surface area contributed by atoms with Gasteiger partial charge in [0.1, 0.15) is 11.6 Å². The second-order valence-electron chi connectivity index (χ2n) is 3.95. The van der Waals surface area contributed by atoms with Crippen LogP contribution < -0.4 is 10.5 Å². The third kappa shape index (κ3) is 2.48. The molecule has 0 aliphatic rings. The molecular formula is C14H13FN2O. The van der Waals surface area contributed by atoms with Crippen molar-refractivity contribution < 1.29 is 9.13 Å². The van der Waals surface area contributed by atoms with Gasteiger partial charge in [-0.05, 0) is 36.8 Å². The Labute approximate surface area is 105 Å². The summed E-state index contributed by atoms with van der Waals surface area (Å²) >= 11 is 0. The van der Waals surface area contributed by atoms with Crippen molar-refractivity contribution in [2.45, 2.75) is 6.92 Å². The molecule has 0 atom stereocenters. The van der Waals surface area contributed by atoms with E-state index in [1.54, 1.807) is 36.4 Å².